The van der Waals surface area contributed by atoms with Gasteiger partial charge in [-0.2, -0.15) is 0 Å². The lowest BCUT2D eigenvalue weighted by Crippen LogP contribution is -2.51. The molecule has 0 radical (unpaired) electrons. The van der Waals surface area contributed by atoms with Gasteiger partial charge in [0.2, 0.25) is 0 Å². The molecule has 3 aromatic rings. The molecule has 0 saturated carbocycles. The molecule has 8 heteroatoms. The standard InChI is InChI=1S/C28H30ClN3O4/c1-19-16-22(8-9-25(19)29)36-18-21(33)17-31-12-10-30(11-13-31)14-15-32-27(34)23-6-2-4-20-5-3-7-24(26(20)23)28(32)35/h2-9,16,21,33H,10-15,17-18H2,1H3. The van der Waals surface area contributed by atoms with Crippen LogP contribution in [0.3, 0.4) is 0 Å². The van der Waals surface area contributed by atoms with E-state index in [1.165, 1.54) is 4.90 Å². The average molecular weight is 508 g/mol. The Morgan fingerprint density at radius 2 is 1.56 bits per heavy atom. The van der Waals surface area contributed by atoms with E-state index >= 15 is 0 Å². The fraction of sp³-hybridized carbons (Fsp3) is 0.357. The number of nitrogens with zero attached hydrogens (tertiary/aromatic N) is 3. The van der Waals surface area contributed by atoms with E-state index in [1.54, 1.807) is 24.3 Å². The van der Waals surface area contributed by atoms with Gasteiger partial charge in [-0.15, -0.1) is 0 Å². The zero-order valence-electron chi connectivity index (χ0n) is 20.3. The van der Waals surface area contributed by atoms with Crippen molar-refractivity contribution in [3.8, 4) is 5.75 Å². The molecule has 1 N–H and O–H groups in total. The number of aryl methyl sites for hydroxylation is 1. The van der Waals surface area contributed by atoms with E-state index in [0.29, 0.717) is 41.5 Å². The molecule has 2 amide bonds. The monoisotopic (exact) mass is 507 g/mol. The summed E-state index contributed by atoms with van der Waals surface area (Å²) in [6.45, 7) is 6.89. The second-order valence-electron chi connectivity index (χ2n) is 9.49. The van der Waals surface area contributed by atoms with Crippen LogP contribution in [-0.4, -0.2) is 90.1 Å². The Hall–Kier alpha value is -2.97. The number of piperazine rings is 1. The molecule has 1 fully saturated rings. The van der Waals surface area contributed by atoms with Gasteiger partial charge in [0, 0.05) is 67.3 Å². The number of carbonyl (C=O) groups is 2. The molecule has 2 aliphatic heterocycles. The molecule has 0 aromatic heterocycles. The molecule has 188 valence electrons. The number of imide groups is 1. The van der Waals surface area contributed by atoms with E-state index in [0.717, 1.165) is 42.5 Å². The van der Waals surface area contributed by atoms with Crippen LogP contribution in [-0.2, 0) is 0 Å². The van der Waals surface area contributed by atoms with Crippen LogP contribution < -0.4 is 4.74 Å². The average Bonchev–Trinajstić information content (AvgIpc) is 2.88. The molecule has 0 spiro atoms. The molecule has 5 rings (SSSR count). The van der Waals surface area contributed by atoms with Crippen molar-refractivity contribution in [2.24, 2.45) is 0 Å². The van der Waals surface area contributed by atoms with Gasteiger partial charge in [0.05, 0.1) is 0 Å². The van der Waals surface area contributed by atoms with Crippen LogP contribution in [0.2, 0.25) is 5.02 Å². The first-order chi connectivity index (χ1) is 17.4. The van der Waals surface area contributed by atoms with E-state index in [4.69, 9.17) is 16.3 Å². The summed E-state index contributed by atoms with van der Waals surface area (Å²) in [4.78, 5) is 32.0. The van der Waals surface area contributed by atoms with Gasteiger partial charge in [-0.1, -0.05) is 35.9 Å². The molecule has 1 saturated heterocycles. The number of β-amino-alcohol motifs (C(OH)–C–C–N with tert-alkyl or cyclic N) is 1. The van der Waals surface area contributed by atoms with Crippen molar-refractivity contribution in [3.05, 3.63) is 76.3 Å². The van der Waals surface area contributed by atoms with Crippen molar-refractivity contribution in [1.82, 2.24) is 14.7 Å². The molecule has 0 aliphatic carbocycles. The number of carbonyl (C=O) groups excluding carboxylic acids is 2. The Labute approximate surface area is 215 Å². The zero-order chi connectivity index (χ0) is 25.2. The number of benzene rings is 3. The first-order valence-corrected chi connectivity index (χ1v) is 12.7. The predicted molar refractivity (Wildman–Crippen MR) is 140 cm³/mol. The third kappa shape index (κ3) is 5.11. The van der Waals surface area contributed by atoms with Gasteiger partial charge in [0.1, 0.15) is 18.5 Å². The summed E-state index contributed by atoms with van der Waals surface area (Å²) in [6.07, 6.45) is -0.598. The predicted octanol–water partition coefficient (Wildman–Crippen LogP) is 3.46. The summed E-state index contributed by atoms with van der Waals surface area (Å²) >= 11 is 6.05. The molecule has 7 nitrogen and oxygen atoms in total. The second-order valence-corrected chi connectivity index (χ2v) is 9.90. The molecule has 1 atom stereocenters. The topological polar surface area (TPSA) is 73.3 Å². The number of hydrogen-bond acceptors (Lipinski definition) is 6. The van der Waals surface area contributed by atoms with E-state index in [9.17, 15) is 14.7 Å². The number of ether oxygens (including phenoxy) is 1. The van der Waals surface area contributed by atoms with Crippen molar-refractivity contribution in [3.63, 3.8) is 0 Å². The molecule has 0 bridgehead atoms. The number of amides is 2. The fourth-order valence-electron chi connectivity index (χ4n) is 4.97. The smallest absolute Gasteiger partial charge is 0.261 e. The lowest BCUT2D eigenvalue weighted by atomic mass is 9.94. The Morgan fingerprint density at radius 1 is 0.917 bits per heavy atom. The van der Waals surface area contributed by atoms with Crippen molar-refractivity contribution in [2.75, 3.05) is 52.4 Å². The molecular formula is C28H30ClN3O4. The van der Waals surface area contributed by atoms with Gasteiger partial charge < -0.3 is 9.84 Å². The van der Waals surface area contributed by atoms with E-state index in [-0.39, 0.29) is 18.4 Å². The van der Waals surface area contributed by atoms with Crippen LogP contribution in [0, 0.1) is 6.92 Å². The fourth-order valence-corrected chi connectivity index (χ4v) is 5.09. The van der Waals surface area contributed by atoms with Crippen molar-refractivity contribution < 1.29 is 19.4 Å². The maximum absolute atomic E-state index is 13.1. The molecule has 2 aliphatic rings. The maximum Gasteiger partial charge on any atom is 0.261 e. The summed E-state index contributed by atoms with van der Waals surface area (Å²) in [6, 6.07) is 16.7. The summed E-state index contributed by atoms with van der Waals surface area (Å²) in [5.41, 5.74) is 2.13. The lowest BCUT2D eigenvalue weighted by Gasteiger charge is -2.36. The van der Waals surface area contributed by atoms with Crippen LogP contribution in [0.4, 0.5) is 0 Å². The highest BCUT2D eigenvalue weighted by Gasteiger charge is 2.33. The molecule has 36 heavy (non-hydrogen) atoms. The Kier molecular flexibility index (Phi) is 7.25. The largest absolute Gasteiger partial charge is 0.491 e. The van der Waals surface area contributed by atoms with E-state index < -0.39 is 6.10 Å². The highest BCUT2D eigenvalue weighted by molar-refractivity contribution is 6.31. The number of halogens is 1. The third-order valence-electron chi connectivity index (χ3n) is 7.00. The zero-order valence-corrected chi connectivity index (χ0v) is 21.1. The van der Waals surface area contributed by atoms with Crippen LogP contribution in [0.25, 0.3) is 10.8 Å². The normalized spacial score (nSPS) is 17.6. The van der Waals surface area contributed by atoms with Crippen molar-refractivity contribution in [1.29, 1.82) is 0 Å². The van der Waals surface area contributed by atoms with Crippen molar-refractivity contribution in [2.45, 2.75) is 13.0 Å². The third-order valence-corrected chi connectivity index (χ3v) is 7.43. The number of aliphatic hydroxyl groups is 1. The van der Waals surface area contributed by atoms with E-state index in [2.05, 4.69) is 9.80 Å². The van der Waals surface area contributed by atoms with Gasteiger partial charge in [-0.25, -0.2) is 0 Å². The maximum atomic E-state index is 13.1. The first kappa shape index (κ1) is 24.7. The Bertz CT molecular complexity index is 1240. The van der Waals surface area contributed by atoms with Crippen LogP contribution in [0.5, 0.6) is 5.75 Å². The number of aliphatic hydroxyl groups excluding tert-OH is 1. The first-order valence-electron chi connectivity index (χ1n) is 12.3. The summed E-state index contributed by atoms with van der Waals surface area (Å²) in [5.74, 6) is 0.255. The summed E-state index contributed by atoms with van der Waals surface area (Å²) < 4.78 is 5.72. The summed E-state index contributed by atoms with van der Waals surface area (Å²) in [5, 5.41) is 12.8. The SMILES string of the molecule is Cc1cc(OCC(O)CN2CCN(CCN3C(=O)c4cccc5cccc(c45)C3=O)CC2)ccc1Cl. The van der Waals surface area contributed by atoms with Gasteiger partial charge in [-0.3, -0.25) is 24.3 Å². The van der Waals surface area contributed by atoms with Gasteiger partial charge in [0.25, 0.3) is 11.8 Å². The van der Waals surface area contributed by atoms with Crippen LogP contribution in [0.1, 0.15) is 26.3 Å². The minimum Gasteiger partial charge on any atom is -0.491 e. The van der Waals surface area contributed by atoms with E-state index in [1.807, 2.05) is 37.3 Å². The minimum absolute atomic E-state index is 0.217. The van der Waals surface area contributed by atoms with Crippen LogP contribution in [0.15, 0.2) is 54.6 Å². The highest BCUT2D eigenvalue weighted by atomic mass is 35.5. The Morgan fingerprint density at radius 3 is 2.19 bits per heavy atom. The highest BCUT2D eigenvalue weighted by Crippen LogP contribution is 2.30. The lowest BCUT2D eigenvalue weighted by molar-refractivity contribution is 0.0416. The molecule has 2 heterocycles. The van der Waals surface area contributed by atoms with Gasteiger partial charge in [0.15, 0.2) is 0 Å². The van der Waals surface area contributed by atoms with Crippen molar-refractivity contribution >= 4 is 34.2 Å². The quantitative estimate of drug-likeness (QED) is 0.471. The van der Waals surface area contributed by atoms with Crippen LogP contribution >= 0.6 is 11.6 Å². The molecule has 3 aromatic carbocycles. The summed E-state index contributed by atoms with van der Waals surface area (Å²) in [7, 11) is 0. The second kappa shape index (κ2) is 10.6. The number of rotatable bonds is 8. The molecule has 1 unspecified atom stereocenters. The number of hydrogen-bond donors (Lipinski definition) is 1. The Balaban J connectivity index is 1.09. The minimum atomic E-state index is -0.598. The van der Waals surface area contributed by atoms with Gasteiger partial charge in [-0.05, 0) is 48.2 Å². The molecular weight excluding hydrogens is 478 g/mol. The van der Waals surface area contributed by atoms with Gasteiger partial charge >= 0.3 is 0 Å².